The molecular weight excluding hydrogens is 316 g/mol. The molecule has 0 fully saturated rings. The summed E-state index contributed by atoms with van der Waals surface area (Å²) >= 11 is 0. The van der Waals surface area contributed by atoms with Crippen molar-refractivity contribution in [3.8, 4) is 5.75 Å². The Kier molecular flexibility index (Phi) is 3.87. The van der Waals surface area contributed by atoms with Crippen LogP contribution in [0.15, 0.2) is 36.4 Å². The smallest absolute Gasteiger partial charge is 0.271 e. The van der Waals surface area contributed by atoms with E-state index in [4.69, 9.17) is 4.74 Å². The van der Waals surface area contributed by atoms with Crippen molar-refractivity contribution in [3.63, 3.8) is 0 Å². The van der Waals surface area contributed by atoms with Crippen LogP contribution in [-0.4, -0.2) is 33.7 Å². The number of para-hydroxylation sites is 1. The van der Waals surface area contributed by atoms with E-state index in [1.807, 2.05) is 38.1 Å². The Bertz CT molecular complexity index is 948. The minimum Gasteiger partial charge on any atom is -0.493 e. The van der Waals surface area contributed by atoms with E-state index < -0.39 is 0 Å². The summed E-state index contributed by atoms with van der Waals surface area (Å²) in [6, 6.07) is 11.7. The number of benzene rings is 1. The van der Waals surface area contributed by atoms with Crippen molar-refractivity contribution >= 4 is 11.6 Å². The average Bonchev–Trinajstić information content (AvgIpc) is 3.04. The molecule has 0 radical (unpaired) electrons. The summed E-state index contributed by atoms with van der Waals surface area (Å²) in [5.74, 6) is 1.03. The van der Waals surface area contributed by atoms with Crippen LogP contribution in [0.1, 0.15) is 27.4 Å². The summed E-state index contributed by atoms with van der Waals surface area (Å²) in [5.41, 5.74) is 4.14. The molecule has 0 unspecified atom stereocenters. The van der Waals surface area contributed by atoms with Gasteiger partial charge in [0.25, 0.3) is 5.91 Å². The number of carbonyl (C=O) groups is 1. The molecule has 1 atom stereocenters. The molecule has 0 spiro atoms. The topological polar surface area (TPSA) is 68.5 Å². The van der Waals surface area contributed by atoms with Crippen molar-refractivity contribution in [2.24, 2.45) is 5.92 Å². The number of amides is 1. The summed E-state index contributed by atoms with van der Waals surface area (Å²) in [5, 5.41) is 7.34. The number of aromatic nitrogens is 3. The van der Waals surface area contributed by atoms with Gasteiger partial charge in [0.15, 0.2) is 11.3 Å². The molecule has 3 heterocycles. The quantitative estimate of drug-likeness (QED) is 0.797. The van der Waals surface area contributed by atoms with E-state index in [1.165, 1.54) is 5.56 Å². The molecule has 6 nitrogen and oxygen atoms in total. The zero-order chi connectivity index (χ0) is 17.4. The predicted octanol–water partition coefficient (Wildman–Crippen LogP) is 2.33. The lowest BCUT2D eigenvalue weighted by molar-refractivity contribution is 0.0933. The lowest BCUT2D eigenvalue weighted by atomic mass is 9.97. The third kappa shape index (κ3) is 3.07. The number of hydrogen-bond donors (Lipinski definition) is 1. The molecule has 1 amide bonds. The third-order valence-corrected chi connectivity index (χ3v) is 4.47. The van der Waals surface area contributed by atoms with Gasteiger partial charge in [0.2, 0.25) is 0 Å². The fourth-order valence-corrected chi connectivity index (χ4v) is 3.25. The van der Waals surface area contributed by atoms with Crippen molar-refractivity contribution in [1.29, 1.82) is 0 Å². The summed E-state index contributed by atoms with van der Waals surface area (Å²) < 4.78 is 7.47. The lowest BCUT2D eigenvalue weighted by Gasteiger charge is -2.25. The number of rotatable bonds is 3. The number of nitrogens with zero attached hydrogens (tertiary/aromatic N) is 3. The van der Waals surface area contributed by atoms with Crippen LogP contribution in [0.25, 0.3) is 5.65 Å². The van der Waals surface area contributed by atoms with Gasteiger partial charge in [-0.15, -0.1) is 0 Å². The highest BCUT2D eigenvalue weighted by Gasteiger charge is 2.21. The van der Waals surface area contributed by atoms with E-state index in [9.17, 15) is 4.79 Å². The fourth-order valence-electron chi connectivity index (χ4n) is 3.25. The van der Waals surface area contributed by atoms with Crippen molar-refractivity contribution in [1.82, 2.24) is 19.9 Å². The van der Waals surface area contributed by atoms with Gasteiger partial charge in [0.05, 0.1) is 6.61 Å². The second-order valence-electron chi connectivity index (χ2n) is 6.54. The monoisotopic (exact) mass is 336 g/mol. The second kappa shape index (κ2) is 6.20. The average molecular weight is 336 g/mol. The van der Waals surface area contributed by atoms with Crippen molar-refractivity contribution in [3.05, 3.63) is 59.0 Å². The number of aryl methyl sites for hydroxylation is 2. The number of hydrogen-bond acceptors (Lipinski definition) is 4. The van der Waals surface area contributed by atoms with Crippen LogP contribution in [0.4, 0.5) is 0 Å². The normalized spacial score (nSPS) is 16.3. The number of ether oxygens (including phenoxy) is 1. The van der Waals surface area contributed by atoms with Gasteiger partial charge in [-0.1, -0.05) is 18.2 Å². The zero-order valence-electron chi connectivity index (χ0n) is 14.3. The first-order valence-corrected chi connectivity index (χ1v) is 8.43. The molecule has 128 valence electrons. The first-order chi connectivity index (χ1) is 12.1. The Morgan fingerprint density at radius 1 is 1.32 bits per heavy atom. The van der Waals surface area contributed by atoms with Crippen LogP contribution >= 0.6 is 0 Å². The predicted molar refractivity (Wildman–Crippen MR) is 93.9 cm³/mol. The molecule has 1 aromatic carbocycles. The van der Waals surface area contributed by atoms with E-state index in [0.29, 0.717) is 24.5 Å². The molecule has 3 aromatic rings. The maximum Gasteiger partial charge on any atom is 0.271 e. The maximum absolute atomic E-state index is 12.4. The van der Waals surface area contributed by atoms with Gasteiger partial charge in [-0.2, -0.15) is 5.10 Å². The van der Waals surface area contributed by atoms with Gasteiger partial charge < -0.3 is 10.1 Å². The zero-order valence-corrected chi connectivity index (χ0v) is 14.3. The van der Waals surface area contributed by atoms with Gasteiger partial charge in [-0.3, -0.25) is 4.79 Å². The van der Waals surface area contributed by atoms with Gasteiger partial charge >= 0.3 is 0 Å². The van der Waals surface area contributed by atoms with Crippen LogP contribution in [-0.2, 0) is 6.42 Å². The van der Waals surface area contributed by atoms with Crippen molar-refractivity contribution in [2.45, 2.75) is 20.3 Å². The number of carbonyl (C=O) groups excluding carboxylic acids is 1. The molecule has 2 aromatic heterocycles. The Hall–Kier alpha value is -2.89. The summed E-state index contributed by atoms with van der Waals surface area (Å²) in [6.45, 7) is 5.06. The third-order valence-electron chi connectivity index (χ3n) is 4.47. The molecular formula is C19H20N4O2. The highest BCUT2D eigenvalue weighted by Crippen LogP contribution is 2.26. The highest BCUT2D eigenvalue weighted by molar-refractivity contribution is 5.93. The van der Waals surface area contributed by atoms with E-state index in [1.54, 1.807) is 10.6 Å². The van der Waals surface area contributed by atoms with E-state index in [0.717, 1.165) is 23.6 Å². The highest BCUT2D eigenvalue weighted by atomic mass is 16.5. The van der Waals surface area contributed by atoms with Crippen LogP contribution < -0.4 is 10.1 Å². The summed E-state index contributed by atoms with van der Waals surface area (Å²) in [6.07, 6.45) is 0.904. The van der Waals surface area contributed by atoms with Gasteiger partial charge in [0.1, 0.15) is 5.75 Å². The Labute approximate surface area is 145 Å². The fraction of sp³-hybridized carbons (Fsp3) is 0.316. The Morgan fingerprint density at radius 3 is 3.04 bits per heavy atom. The summed E-state index contributed by atoms with van der Waals surface area (Å²) in [7, 11) is 0. The maximum atomic E-state index is 12.4. The van der Waals surface area contributed by atoms with E-state index in [2.05, 4.69) is 21.5 Å². The molecule has 0 bridgehead atoms. The molecule has 0 saturated carbocycles. The second-order valence-corrected chi connectivity index (χ2v) is 6.54. The molecule has 4 rings (SSSR count). The van der Waals surface area contributed by atoms with Gasteiger partial charge in [-0.25, -0.2) is 9.50 Å². The molecule has 25 heavy (non-hydrogen) atoms. The summed E-state index contributed by atoms with van der Waals surface area (Å²) in [4.78, 5) is 16.9. The van der Waals surface area contributed by atoms with Gasteiger partial charge in [-0.05, 0) is 38.0 Å². The van der Waals surface area contributed by atoms with Crippen LogP contribution in [0, 0.1) is 19.8 Å². The van der Waals surface area contributed by atoms with Crippen molar-refractivity contribution in [2.75, 3.05) is 13.2 Å². The minimum absolute atomic E-state index is 0.179. The van der Waals surface area contributed by atoms with E-state index in [-0.39, 0.29) is 11.8 Å². The largest absolute Gasteiger partial charge is 0.493 e. The van der Waals surface area contributed by atoms with Crippen LogP contribution in [0.3, 0.4) is 0 Å². The molecule has 6 heteroatoms. The van der Waals surface area contributed by atoms with E-state index >= 15 is 0 Å². The Balaban J connectivity index is 1.44. The molecule has 0 saturated heterocycles. The first kappa shape index (κ1) is 15.6. The number of nitrogens with one attached hydrogen (secondary N) is 1. The molecule has 1 aliphatic heterocycles. The standard InChI is InChI=1S/C19H20N4O2/c1-12-7-13(2)23-18(21-12)9-16(22-23)19(24)20-10-14-8-15-5-3-4-6-17(15)25-11-14/h3-7,9,14H,8,10-11H2,1-2H3,(H,20,24)/t14-/m1/s1. The molecule has 1 N–H and O–H groups in total. The molecule has 1 aliphatic rings. The molecule has 0 aliphatic carbocycles. The number of fused-ring (bicyclic) bond motifs is 2. The SMILES string of the molecule is Cc1cc(C)n2nc(C(=O)NC[C@@H]3COc4ccccc4C3)cc2n1. The minimum atomic E-state index is -0.179. The lowest BCUT2D eigenvalue weighted by Crippen LogP contribution is -2.35. The first-order valence-electron chi connectivity index (χ1n) is 8.43. The van der Waals surface area contributed by atoms with Crippen molar-refractivity contribution < 1.29 is 9.53 Å². The van der Waals surface area contributed by atoms with Gasteiger partial charge in [0, 0.05) is 29.9 Å². The van der Waals surface area contributed by atoms with Crippen LogP contribution in [0.2, 0.25) is 0 Å². The Morgan fingerprint density at radius 2 is 2.16 bits per heavy atom. The van der Waals surface area contributed by atoms with Crippen LogP contribution in [0.5, 0.6) is 5.75 Å².